The molecular formula is C10H20O6. The SMILES string of the molecule is COC1OC(CO)C(OC(C)C)C(O)C1O. The van der Waals surface area contributed by atoms with Gasteiger partial charge in [0.15, 0.2) is 6.29 Å². The van der Waals surface area contributed by atoms with E-state index >= 15 is 0 Å². The van der Waals surface area contributed by atoms with Crippen LogP contribution in [0.2, 0.25) is 0 Å². The van der Waals surface area contributed by atoms with E-state index < -0.39 is 30.7 Å². The van der Waals surface area contributed by atoms with Gasteiger partial charge in [-0.25, -0.2) is 0 Å². The van der Waals surface area contributed by atoms with Crippen molar-refractivity contribution in [1.29, 1.82) is 0 Å². The van der Waals surface area contributed by atoms with Crippen molar-refractivity contribution in [2.75, 3.05) is 13.7 Å². The Balaban J connectivity index is 2.73. The minimum absolute atomic E-state index is 0.136. The van der Waals surface area contributed by atoms with Crippen LogP contribution >= 0.6 is 0 Å². The van der Waals surface area contributed by atoms with Crippen molar-refractivity contribution in [3.05, 3.63) is 0 Å². The predicted molar refractivity (Wildman–Crippen MR) is 54.8 cm³/mol. The Morgan fingerprint density at radius 2 is 1.88 bits per heavy atom. The van der Waals surface area contributed by atoms with E-state index in [9.17, 15) is 10.2 Å². The first-order chi connectivity index (χ1) is 7.51. The zero-order valence-corrected chi connectivity index (χ0v) is 9.74. The molecule has 16 heavy (non-hydrogen) atoms. The van der Waals surface area contributed by atoms with Crippen LogP contribution in [0.3, 0.4) is 0 Å². The highest BCUT2D eigenvalue weighted by Crippen LogP contribution is 2.24. The second-order valence-corrected chi connectivity index (χ2v) is 4.09. The number of aliphatic hydroxyl groups excluding tert-OH is 3. The van der Waals surface area contributed by atoms with Crippen LogP contribution in [-0.2, 0) is 14.2 Å². The molecule has 0 aliphatic carbocycles. The van der Waals surface area contributed by atoms with Crippen LogP contribution in [0.1, 0.15) is 13.8 Å². The van der Waals surface area contributed by atoms with Gasteiger partial charge in [-0.3, -0.25) is 0 Å². The van der Waals surface area contributed by atoms with E-state index in [2.05, 4.69) is 0 Å². The average Bonchev–Trinajstić information content (AvgIpc) is 2.25. The molecule has 1 rings (SSSR count). The van der Waals surface area contributed by atoms with E-state index in [4.69, 9.17) is 19.3 Å². The van der Waals surface area contributed by atoms with Crippen LogP contribution in [-0.4, -0.2) is 65.8 Å². The monoisotopic (exact) mass is 236 g/mol. The van der Waals surface area contributed by atoms with E-state index in [0.29, 0.717) is 0 Å². The zero-order valence-electron chi connectivity index (χ0n) is 9.74. The Morgan fingerprint density at radius 1 is 1.25 bits per heavy atom. The summed E-state index contributed by atoms with van der Waals surface area (Å²) in [6, 6.07) is 0. The molecule has 0 aromatic carbocycles. The molecule has 3 N–H and O–H groups in total. The fraction of sp³-hybridized carbons (Fsp3) is 1.00. The molecule has 96 valence electrons. The van der Waals surface area contributed by atoms with Crippen molar-refractivity contribution in [2.45, 2.75) is 50.7 Å². The first kappa shape index (κ1) is 13.8. The third-order valence-corrected chi connectivity index (χ3v) is 2.48. The van der Waals surface area contributed by atoms with Crippen LogP contribution in [0, 0.1) is 0 Å². The number of hydrogen-bond acceptors (Lipinski definition) is 6. The molecule has 5 atom stereocenters. The first-order valence-electron chi connectivity index (χ1n) is 5.32. The molecule has 6 nitrogen and oxygen atoms in total. The maximum absolute atomic E-state index is 9.84. The van der Waals surface area contributed by atoms with Gasteiger partial charge in [-0.15, -0.1) is 0 Å². The summed E-state index contributed by atoms with van der Waals surface area (Å²) in [4.78, 5) is 0. The second kappa shape index (κ2) is 5.90. The Hall–Kier alpha value is -0.240. The van der Waals surface area contributed by atoms with Crippen molar-refractivity contribution < 1.29 is 29.5 Å². The maximum Gasteiger partial charge on any atom is 0.186 e. The van der Waals surface area contributed by atoms with Gasteiger partial charge in [-0.1, -0.05) is 0 Å². The van der Waals surface area contributed by atoms with E-state index in [0.717, 1.165) is 0 Å². The molecular weight excluding hydrogens is 216 g/mol. The smallest absolute Gasteiger partial charge is 0.186 e. The molecule has 0 bridgehead atoms. The molecule has 0 spiro atoms. The van der Waals surface area contributed by atoms with Gasteiger partial charge in [0.25, 0.3) is 0 Å². The molecule has 6 heteroatoms. The summed E-state index contributed by atoms with van der Waals surface area (Å²) in [6.45, 7) is 3.30. The molecule has 1 saturated heterocycles. The topological polar surface area (TPSA) is 88.4 Å². The summed E-state index contributed by atoms with van der Waals surface area (Å²) in [5.41, 5.74) is 0. The fourth-order valence-electron chi connectivity index (χ4n) is 1.73. The van der Waals surface area contributed by atoms with E-state index in [1.807, 2.05) is 0 Å². The van der Waals surface area contributed by atoms with Crippen molar-refractivity contribution in [2.24, 2.45) is 0 Å². The van der Waals surface area contributed by atoms with Crippen LogP contribution < -0.4 is 0 Å². The zero-order chi connectivity index (χ0) is 12.3. The Bertz CT molecular complexity index is 207. The van der Waals surface area contributed by atoms with E-state index in [-0.39, 0.29) is 12.7 Å². The lowest BCUT2D eigenvalue weighted by Gasteiger charge is -2.41. The number of hydrogen-bond donors (Lipinski definition) is 3. The minimum Gasteiger partial charge on any atom is -0.394 e. The van der Waals surface area contributed by atoms with Gasteiger partial charge in [0.05, 0.1) is 12.7 Å². The summed E-state index contributed by atoms with van der Waals surface area (Å²) in [5, 5.41) is 28.7. The summed E-state index contributed by atoms with van der Waals surface area (Å²) >= 11 is 0. The van der Waals surface area contributed by atoms with Crippen molar-refractivity contribution >= 4 is 0 Å². The third-order valence-electron chi connectivity index (χ3n) is 2.48. The molecule has 0 saturated carbocycles. The van der Waals surface area contributed by atoms with Crippen LogP contribution in [0.5, 0.6) is 0 Å². The predicted octanol–water partition coefficient (Wildman–Crippen LogP) is -1.13. The average molecular weight is 236 g/mol. The summed E-state index contributed by atoms with van der Waals surface area (Å²) in [5.74, 6) is 0. The van der Waals surface area contributed by atoms with Crippen molar-refractivity contribution in [3.63, 3.8) is 0 Å². The van der Waals surface area contributed by atoms with Gasteiger partial charge in [0.2, 0.25) is 0 Å². The van der Waals surface area contributed by atoms with Crippen molar-refractivity contribution in [1.82, 2.24) is 0 Å². The molecule has 1 aliphatic heterocycles. The van der Waals surface area contributed by atoms with Crippen LogP contribution in [0.4, 0.5) is 0 Å². The lowest BCUT2D eigenvalue weighted by molar-refractivity contribution is -0.305. The molecule has 1 fully saturated rings. The summed E-state index contributed by atoms with van der Waals surface area (Å²) < 4.78 is 15.6. The largest absolute Gasteiger partial charge is 0.394 e. The quantitative estimate of drug-likeness (QED) is 0.572. The van der Waals surface area contributed by atoms with Crippen LogP contribution in [0.25, 0.3) is 0 Å². The lowest BCUT2D eigenvalue weighted by atomic mass is 9.99. The Labute approximate surface area is 94.7 Å². The normalized spacial score (nSPS) is 40.3. The number of methoxy groups -OCH3 is 1. The Kier molecular flexibility index (Phi) is 5.10. The van der Waals surface area contributed by atoms with E-state index in [1.165, 1.54) is 7.11 Å². The molecule has 5 unspecified atom stereocenters. The molecule has 1 aliphatic rings. The van der Waals surface area contributed by atoms with Gasteiger partial charge < -0.3 is 29.5 Å². The third kappa shape index (κ3) is 2.91. The van der Waals surface area contributed by atoms with E-state index in [1.54, 1.807) is 13.8 Å². The Morgan fingerprint density at radius 3 is 2.31 bits per heavy atom. The van der Waals surface area contributed by atoms with Gasteiger partial charge in [0.1, 0.15) is 24.4 Å². The number of aliphatic hydroxyl groups is 3. The number of rotatable bonds is 4. The standard InChI is InChI=1S/C10H20O6/c1-5(2)15-9-6(4-11)16-10(14-3)8(13)7(9)12/h5-13H,4H2,1-3H3. The summed E-state index contributed by atoms with van der Waals surface area (Å²) in [6.07, 6.45) is -4.87. The molecule has 0 radical (unpaired) electrons. The first-order valence-corrected chi connectivity index (χ1v) is 5.32. The molecule has 0 amide bonds. The van der Waals surface area contributed by atoms with Gasteiger partial charge in [-0.2, -0.15) is 0 Å². The van der Waals surface area contributed by atoms with Gasteiger partial charge >= 0.3 is 0 Å². The highest BCUT2D eigenvalue weighted by atomic mass is 16.7. The number of ether oxygens (including phenoxy) is 3. The highest BCUT2D eigenvalue weighted by Gasteiger charge is 2.45. The maximum atomic E-state index is 9.84. The second-order valence-electron chi connectivity index (χ2n) is 4.09. The molecule has 0 aromatic rings. The summed E-state index contributed by atoms with van der Waals surface area (Å²) in [7, 11) is 1.36. The fourth-order valence-corrected chi connectivity index (χ4v) is 1.73. The molecule has 0 aromatic heterocycles. The van der Waals surface area contributed by atoms with Crippen molar-refractivity contribution in [3.8, 4) is 0 Å². The van der Waals surface area contributed by atoms with Crippen LogP contribution in [0.15, 0.2) is 0 Å². The molecule has 1 heterocycles. The van der Waals surface area contributed by atoms with Gasteiger partial charge in [-0.05, 0) is 13.8 Å². The minimum atomic E-state index is -1.18. The lowest BCUT2D eigenvalue weighted by Crippen LogP contribution is -2.60. The van der Waals surface area contributed by atoms with Gasteiger partial charge in [0, 0.05) is 7.11 Å². The highest BCUT2D eigenvalue weighted by molar-refractivity contribution is 4.90.